The molecule has 1 atom stereocenters. The number of ether oxygens (including phenoxy) is 1. The van der Waals surface area contributed by atoms with Gasteiger partial charge in [-0.1, -0.05) is 24.8 Å². The standard InChI is InChI=1S/C17H24N2O3S/c1-2-15-3-5-17(6-4-15)23(20,21)19-10-8-18(9-11-19)13-16-7-12-22-14-16/h2-6,16H,1,7-14H2/t16-/m0/s1. The van der Waals surface area contributed by atoms with E-state index in [2.05, 4.69) is 11.5 Å². The number of nitrogens with zero attached hydrogens (tertiary/aromatic N) is 2. The van der Waals surface area contributed by atoms with E-state index in [1.165, 1.54) is 0 Å². The first-order chi connectivity index (χ1) is 11.1. The molecular formula is C17H24N2O3S. The molecule has 0 aliphatic carbocycles. The van der Waals surface area contributed by atoms with Gasteiger partial charge in [0.2, 0.25) is 10.0 Å². The van der Waals surface area contributed by atoms with Gasteiger partial charge in [-0.2, -0.15) is 4.31 Å². The number of rotatable bonds is 5. The van der Waals surface area contributed by atoms with Crippen LogP contribution in [0.1, 0.15) is 12.0 Å². The molecule has 6 heteroatoms. The maximum Gasteiger partial charge on any atom is 0.243 e. The van der Waals surface area contributed by atoms with E-state index in [1.807, 2.05) is 0 Å². The van der Waals surface area contributed by atoms with Gasteiger partial charge in [-0.25, -0.2) is 8.42 Å². The molecule has 0 spiro atoms. The smallest absolute Gasteiger partial charge is 0.243 e. The summed E-state index contributed by atoms with van der Waals surface area (Å²) in [6.45, 7) is 9.10. The van der Waals surface area contributed by atoms with Gasteiger partial charge in [-0.3, -0.25) is 0 Å². The van der Waals surface area contributed by atoms with Crippen LogP contribution in [-0.4, -0.2) is 63.6 Å². The predicted octanol–water partition coefficient (Wildman–Crippen LogP) is 1.67. The fraction of sp³-hybridized carbons (Fsp3) is 0.529. The van der Waals surface area contributed by atoms with Crippen LogP contribution in [0.4, 0.5) is 0 Å². The quantitative estimate of drug-likeness (QED) is 0.821. The second-order valence-electron chi connectivity index (χ2n) is 6.21. The van der Waals surface area contributed by atoms with Crippen molar-refractivity contribution in [1.29, 1.82) is 0 Å². The molecule has 1 aromatic carbocycles. The summed E-state index contributed by atoms with van der Waals surface area (Å²) >= 11 is 0. The first-order valence-corrected chi connectivity index (χ1v) is 9.56. The summed E-state index contributed by atoms with van der Waals surface area (Å²) in [4.78, 5) is 2.72. The Morgan fingerprint density at radius 1 is 1.17 bits per heavy atom. The largest absolute Gasteiger partial charge is 0.381 e. The summed E-state index contributed by atoms with van der Waals surface area (Å²) in [7, 11) is -3.39. The highest BCUT2D eigenvalue weighted by molar-refractivity contribution is 7.89. The zero-order valence-corrected chi connectivity index (χ0v) is 14.2. The molecule has 2 saturated heterocycles. The fourth-order valence-corrected chi connectivity index (χ4v) is 4.59. The van der Waals surface area contributed by atoms with Gasteiger partial charge in [0.1, 0.15) is 0 Å². The molecule has 126 valence electrons. The van der Waals surface area contributed by atoms with Gasteiger partial charge in [-0.05, 0) is 30.0 Å². The van der Waals surface area contributed by atoms with Crippen LogP contribution in [0.25, 0.3) is 6.08 Å². The van der Waals surface area contributed by atoms with Crippen LogP contribution in [0, 0.1) is 5.92 Å². The number of piperazine rings is 1. The van der Waals surface area contributed by atoms with Crippen molar-refractivity contribution in [3.05, 3.63) is 36.4 Å². The van der Waals surface area contributed by atoms with Gasteiger partial charge in [0.15, 0.2) is 0 Å². The second kappa shape index (κ2) is 7.13. The van der Waals surface area contributed by atoms with Crippen molar-refractivity contribution in [2.24, 2.45) is 5.92 Å². The van der Waals surface area contributed by atoms with Crippen molar-refractivity contribution in [3.63, 3.8) is 0 Å². The summed E-state index contributed by atoms with van der Waals surface area (Å²) in [5, 5.41) is 0. The van der Waals surface area contributed by atoms with Crippen molar-refractivity contribution >= 4 is 16.1 Å². The van der Waals surface area contributed by atoms with Crippen molar-refractivity contribution in [3.8, 4) is 0 Å². The molecule has 0 saturated carbocycles. The molecule has 2 aliphatic rings. The van der Waals surface area contributed by atoms with E-state index in [0.717, 1.165) is 44.8 Å². The number of sulfonamides is 1. The van der Waals surface area contributed by atoms with E-state index in [-0.39, 0.29) is 0 Å². The summed E-state index contributed by atoms with van der Waals surface area (Å²) in [6.07, 6.45) is 2.83. The number of hydrogen-bond acceptors (Lipinski definition) is 4. The van der Waals surface area contributed by atoms with Crippen molar-refractivity contribution in [1.82, 2.24) is 9.21 Å². The first kappa shape index (κ1) is 16.6. The molecule has 0 amide bonds. The average molecular weight is 336 g/mol. The predicted molar refractivity (Wildman–Crippen MR) is 90.7 cm³/mol. The van der Waals surface area contributed by atoms with Crippen LogP contribution in [0.5, 0.6) is 0 Å². The Morgan fingerprint density at radius 2 is 1.87 bits per heavy atom. The van der Waals surface area contributed by atoms with E-state index in [1.54, 1.807) is 34.6 Å². The van der Waals surface area contributed by atoms with E-state index < -0.39 is 10.0 Å². The topological polar surface area (TPSA) is 49.9 Å². The minimum Gasteiger partial charge on any atom is -0.381 e. The summed E-state index contributed by atoms with van der Waals surface area (Å²) in [5.41, 5.74) is 0.924. The minimum atomic E-state index is -3.39. The third-order valence-corrected chi connectivity index (χ3v) is 6.54. The molecule has 1 aromatic rings. The van der Waals surface area contributed by atoms with Crippen LogP contribution in [0.15, 0.2) is 35.7 Å². The van der Waals surface area contributed by atoms with Crippen molar-refractivity contribution in [2.75, 3.05) is 45.9 Å². The van der Waals surface area contributed by atoms with E-state index in [0.29, 0.717) is 23.9 Å². The normalized spacial score (nSPS) is 23.9. The fourth-order valence-electron chi connectivity index (χ4n) is 3.17. The SMILES string of the molecule is C=Cc1ccc(S(=O)(=O)N2CCN(C[C@@H]3CCOC3)CC2)cc1. The Kier molecular flexibility index (Phi) is 5.16. The molecule has 0 unspecified atom stereocenters. The molecular weight excluding hydrogens is 312 g/mol. The lowest BCUT2D eigenvalue weighted by atomic mass is 10.1. The highest BCUT2D eigenvalue weighted by atomic mass is 32.2. The Hall–Kier alpha value is -1.21. The Labute approximate surface area is 138 Å². The van der Waals surface area contributed by atoms with Gasteiger partial charge < -0.3 is 9.64 Å². The van der Waals surface area contributed by atoms with E-state index in [4.69, 9.17) is 4.74 Å². The molecule has 5 nitrogen and oxygen atoms in total. The van der Waals surface area contributed by atoms with Gasteiger partial charge in [0, 0.05) is 39.3 Å². The molecule has 3 rings (SSSR count). The summed E-state index contributed by atoms with van der Waals surface area (Å²) in [5.74, 6) is 0.601. The molecule has 2 aliphatic heterocycles. The van der Waals surface area contributed by atoms with E-state index in [9.17, 15) is 8.42 Å². The van der Waals surface area contributed by atoms with Crippen LogP contribution in [0.2, 0.25) is 0 Å². The number of hydrogen-bond donors (Lipinski definition) is 0. The maximum absolute atomic E-state index is 12.7. The lowest BCUT2D eigenvalue weighted by Gasteiger charge is -2.35. The van der Waals surface area contributed by atoms with Crippen molar-refractivity contribution in [2.45, 2.75) is 11.3 Å². The van der Waals surface area contributed by atoms with Crippen molar-refractivity contribution < 1.29 is 13.2 Å². The van der Waals surface area contributed by atoms with Gasteiger partial charge in [0.05, 0.1) is 11.5 Å². The van der Waals surface area contributed by atoms with Crippen LogP contribution in [0.3, 0.4) is 0 Å². The van der Waals surface area contributed by atoms with Crippen LogP contribution >= 0.6 is 0 Å². The van der Waals surface area contributed by atoms with Crippen LogP contribution in [-0.2, 0) is 14.8 Å². The highest BCUT2D eigenvalue weighted by Gasteiger charge is 2.29. The molecule has 0 N–H and O–H groups in total. The Morgan fingerprint density at radius 3 is 2.43 bits per heavy atom. The molecule has 2 fully saturated rings. The Bertz CT molecular complexity index is 628. The van der Waals surface area contributed by atoms with Crippen LogP contribution < -0.4 is 0 Å². The Balaban J connectivity index is 1.59. The molecule has 0 radical (unpaired) electrons. The first-order valence-electron chi connectivity index (χ1n) is 8.12. The highest BCUT2D eigenvalue weighted by Crippen LogP contribution is 2.20. The zero-order valence-electron chi connectivity index (χ0n) is 13.4. The van der Waals surface area contributed by atoms with Gasteiger partial charge in [0.25, 0.3) is 0 Å². The third kappa shape index (κ3) is 3.83. The lowest BCUT2D eigenvalue weighted by Crippen LogP contribution is -2.49. The zero-order chi connectivity index (χ0) is 16.3. The third-order valence-electron chi connectivity index (χ3n) is 4.63. The average Bonchev–Trinajstić information content (AvgIpc) is 3.08. The summed E-state index contributed by atoms with van der Waals surface area (Å²) < 4.78 is 32.4. The number of benzene rings is 1. The second-order valence-corrected chi connectivity index (χ2v) is 8.15. The summed E-state index contributed by atoms with van der Waals surface area (Å²) in [6, 6.07) is 6.90. The van der Waals surface area contributed by atoms with Gasteiger partial charge in [-0.15, -0.1) is 0 Å². The molecule has 23 heavy (non-hydrogen) atoms. The molecule has 0 bridgehead atoms. The lowest BCUT2D eigenvalue weighted by molar-refractivity contribution is 0.143. The van der Waals surface area contributed by atoms with Gasteiger partial charge >= 0.3 is 0 Å². The van der Waals surface area contributed by atoms with E-state index >= 15 is 0 Å². The monoisotopic (exact) mass is 336 g/mol. The minimum absolute atomic E-state index is 0.362. The molecule has 2 heterocycles. The molecule has 0 aromatic heterocycles. The maximum atomic E-state index is 12.7.